The number of Topliss-reactive ketones (excluding diaryl/α,β-unsaturated/α-hetero) is 2. The summed E-state index contributed by atoms with van der Waals surface area (Å²) in [5, 5.41) is 6.67. The van der Waals surface area contributed by atoms with Crippen LogP contribution in [0.15, 0.2) is 32.8 Å². The molecule has 0 atom stereocenters. The van der Waals surface area contributed by atoms with Crippen LogP contribution in [0.3, 0.4) is 0 Å². The fourth-order valence-electron chi connectivity index (χ4n) is 2.02. The highest BCUT2D eigenvalue weighted by Crippen LogP contribution is 2.26. The molecule has 1 rings (SSSR count). The molecule has 0 aliphatic heterocycles. The molecule has 0 radical (unpaired) electrons. The highest BCUT2D eigenvalue weighted by atomic mass is 16.1. The Hall–Kier alpha value is -3.44. The molecule has 0 N–H and O–H groups in total. The van der Waals surface area contributed by atoms with Gasteiger partial charge in [0.1, 0.15) is 11.4 Å². The van der Waals surface area contributed by atoms with E-state index in [0.717, 1.165) is 25.7 Å². The fraction of sp³-hybridized carbons (Fsp3) is 0.444. The van der Waals surface area contributed by atoms with Gasteiger partial charge in [-0.3, -0.25) is 9.59 Å². The molecule has 0 aromatic carbocycles. The average molecular weight is 350 g/mol. The number of rotatable bonds is 6. The molecule has 0 aromatic heterocycles. The summed E-state index contributed by atoms with van der Waals surface area (Å²) in [5.74, 6) is 9.21. The zero-order valence-corrected chi connectivity index (χ0v) is 14.7. The van der Waals surface area contributed by atoms with Crippen molar-refractivity contribution in [2.75, 3.05) is 0 Å². The summed E-state index contributed by atoms with van der Waals surface area (Å²) in [4.78, 5) is 30.5. The lowest BCUT2D eigenvalue weighted by Crippen LogP contribution is -2.21. The van der Waals surface area contributed by atoms with Crippen molar-refractivity contribution in [2.45, 2.75) is 52.4 Å². The van der Waals surface area contributed by atoms with E-state index < -0.39 is 23.0 Å². The zero-order chi connectivity index (χ0) is 19.4. The van der Waals surface area contributed by atoms with E-state index in [0.29, 0.717) is 12.8 Å². The largest absolute Gasteiger partial charge is 0.288 e. The van der Waals surface area contributed by atoms with Gasteiger partial charge in [-0.1, -0.05) is 60.6 Å². The van der Waals surface area contributed by atoms with E-state index in [9.17, 15) is 9.59 Å². The molecule has 1 aliphatic rings. The maximum absolute atomic E-state index is 12.6. The average Bonchev–Trinajstić information content (AvgIpc) is 2.64. The van der Waals surface area contributed by atoms with Crippen molar-refractivity contribution in [2.24, 2.45) is 10.2 Å². The molecule has 132 valence electrons. The Balaban J connectivity index is 3.46. The van der Waals surface area contributed by atoms with Crippen molar-refractivity contribution in [3.8, 4) is 23.7 Å². The lowest BCUT2D eigenvalue weighted by atomic mass is 9.91. The minimum absolute atomic E-state index is 0.259. The first kappa shape index (κ1) is 20.6. The first-order valence-corrected chi connectivity index (χ1v) is 8.28. The van der Waals surface area contributed by atoms with E-state index in [2.05, 4.69) is 43.7 Å². The normalized spacial score (nSPS) is 13.2. The molecule has 0 saturated heterocycles. The van der Waals surface area contributed by atoms with Crippen LogP contribution in [0.2, 0.25) is 0 Å². The molecular weight excluding hydrogens is 332 g/mol. The topological polar surface area (TPSA) is 132 Å². The molecular formula is C18H18N6O2. The molecule has 8 nitrogen and oxygen atoms in total. The molecule has 0 heterocycles. The van der Waals surface area contributed by atoms with Crippen molar-refractivity contribution in [1.29, 1.82) is 0 Å². The molecule has 1 aliphatic carbocycles. The number of azide groups is 2. The lowest BCUT2D eigenvalue weighted by molar-refractivity contribution is -0.116. The zero-order valence-electron chi connectivity index (χ0n) is 14.7. The fourth-order valence-corrected chi connectivity index (χ4v) is 2.02. The van der Waals surface area contributed by atoms with Crippen LogP contribution in [0.1, 0.15) is 52.4 Å². The van der Waals surface area contributed by atoms with Crippen LogP contribution in [0.4, 0.5) is 0 Å². The van der Waals surface area contributed by atoms with Crippen molar-refractivity contribution in [3.63, 3.8) is 0 Å². The second-order valence-electron chi connectivity index (χ2n) is 5.30. The van der Waals surface area contributed by atoms with E-state index in [4.69, 9.17) is 11.1 Å². The van der Waals surface area contributed by atoms with Gasteiger partial charge in [0.05, 0.1) is 11.1 Å². The van der Waals surface area contributed by atoms with Crippen LogP contribution >= 0.6 is 0 Å². The third-order valence-electron chi connectivity index (χ3n) is 3.38. The maximum Gasteiger partial charge on any atom is 0.205 e. The molecule has 0 bridgehead atoms. The third-order valence-corrected chi connectivity index (χ3v) is 3.38. The van der Waals surface area contributed by atoms with E-state index >= 15 is 0 Å². The summed E-state index contributed by atoms with van der Waals surface area (Å²) in [6, 6.07) is 0. The molecule has 0 spiro atoms. The van der Waals surface area contributed by atoms with Gasteiger partial charge < -0.3 is 0 Å². The Morgan fingerprint density at radius 3 is 1.50 bits per heavy atom. The smallest absolute Gasteiger partial charge is 0.205 e. The van der Waals surface area contributed by atoms with E-state index in [1.54, 1.807) is 0 Å². The standard InChI is InChI=1S/C18H18N6O2/c1-3-5-7-9-11-13-15(21-23-19)18(26)14(12-10-8-6-4-2)16(17(13)25)22-24-20/h3-8H2,1-2H3. The first-order chi connectivity index (χ1) is 12.6. The van der Waals surface area contributed by atoms with Crippen molar-refractivity contribution in [3.05, 3.63) is 43.4 Å². The maximum atomic E-state index is 12.6. The van der Waals surface area contributed by atoms with E-state index in [-0.39, 0.29) is 11.1 Å². The monoisotopic (exact) mass is 350 g/mol. The van der Waals surface area contributed by atoms with Crippen LogP contribution in [0.25, 0.3) is 20.9 Å². The summed E-state index contributed by atoms with van der Waals surface area (Å²) in [6.07, 6.45) is 4.54. The molecule has 8 heteroatoms. The second-order valence-corrected chi connectivity index (χ2v) is 5.30. The second kappa shape index (κ2) is 11.2. The minimum atomic E-state index is -0.756. The van der Waals surface area contributed by atoms with Crippen LogP contribution < -0.4 is 0 Å². The van der Waals surface area contributed by atoms with Gasteiger partial charge >= 0.3 is 0 Å². The Bertz CT molecular complexity index is 802. The lowest BCUT2D eigenvalue weighted by Gasteiger charge is -2.13. The third kappa shape index (κ3) is 5.29. The molecule has 0 fully saturated rings. The van der Waals surface area contributed by atoms with Gasteiger partial charge in [-0.15, -0.1) is 0 Å². The van der Waals surface area contributed by atoms with Crippen LogP contribution in [-0.4, -0.2) is 11.6 Å². The molecule has 0 amide bonds. The highest BCUT2D eigenvalue weighted by Gasteiger charge is 2.32. The van der Waals surface area contributed by atoms with Crippen molar-refractivity contribution < 1.29 is 9.59 Å². The Labute approximate surface area is 151 Å². The predicted molar refractivity (Wildman–Crippen MR) is 97.0 cm³/mol. The summed E-state index contributed by atoms with van der Waals surface area (Å²) >= 11 is 0. The van der Waals surface area contributed by atoms with Gasteiger partial charge in [-0.2, -0.15) is 0 Å². The Morgan fingerprint density at radius 2 is 1.19 bits per heavy atom. The van der Waals surface area contributed by atoms with Crippen LogP contribution in [-0.2, 0) is 9.59 Å². The number of allylic oxidation sites excluding steroid dienone is 2. The SMILES string of the molecule is CCCCC#CC1=C(N=[N+]=[N-])C(=O)C(C#CCCCC)=C(N=[N+]=[N-])C1=O. The highest BCUT2D eigenvalue weighted by molar-refractivity contribution is 6.28. The number of unbranched alkanes of at least 4 members (excludes halogenated alkanes) is 4. The summed E-state index contributed by atoms with van der Waals surface area (Å²) in [5.41, 5.74) is 16.1. The van der Waals surface area contributed by atoms with Gasteiger partial charge in [-0.25, -0.2) is 0 Å². The Kier molecular flexibility index (Phi) is 8.85. The quantitative estimate of drug-likeness (QED) is 0.172. The number of carbonyl (C=O) groups is 2. The minimum Gasteiger partial charge on any atom is -0.288 e. The van der Waals surface area contributed by atoms with Crippen molar-refractivity contribution >= 4 is 11.6 Å². The first-order valence-electron chi connectivity index (χ1n) is 8.28. The van der Waals surface area contributed by atoms with Gasteiger partial charge in [0.25, 0.3) is 0 Å². The van der Waals surface area contributed by atoms with Gasteiger partial charge in [-0.05, 0) is 23.9 Å². The van der Waals surface area contributed by atoms with Gasteiger partial charge in [0, 0.05) is 22.7 Å². The molecule has 0 aromatic rings. The predicted octanol–water partition coefficient (Wildman–Crippen LogP) is 4.65. The van der Waals surface area contributed by atoms with Crippen LogP contribution in [0, 0.1) is 23.7 Å². The van der Waals surface area contributed by atoms with Crippen molar-refractivity contribution in [1.82, 2.24) is 0 Å². The number of carbonyl (C=O) groups excluding carboxylic acids is 2. The molecule has 0 unspecified atom stereocenters. The van der Waals surface area contributed by atoms with E-state index in [1.807, 2.05) is 13.8 Å². The summed E-state index contributed by atoms with van der Waals surface area (Å²) in [7, 11) is 0. The Morgan fingerprint density at radius 1 is 0.808 bits per heavy atom. The van der Waals surface area contributed by atoms with Crippen LogP contribution in [0.5, 0.6) is 0 Å². The summed E-state index contributed by atoms with van der Waals surface area (Å²) in [6.45, 7) is 3.99. The number of hydrogen-bond acceptors (Lipinski definition) is 4. The van der Waals surface area contributed by atoms with Gasteiger partial charge in [0.2, 0.25) is 11.6 Å². The number of ketones is 2. The number of hydrogen-bond donors (Lipinski definition) is 0. The molecule has 26 heavy (non-hydrogen) atoms. The summed E-state index contributed by atoms with van der Waals surface area (Å²) < 4.78 is 0. The molecule has 0 saturated carbocycles. The van der Waals surface area contributed by atoms with E-state index in [1.165, 1.54) is 0 Å². The number of nitrogens with zero attached hydrogens (tertiary/aromatic N) is 6. The van der Waals surface area contributed by atoms with Gasteiger partial charge in [0.15, 0.2) is 0 Å².